The minimum Gasteiger partial charge on any atom is -0.351 e. The molecule has 8 heteroatoms. The summed E-state index contributed by atoms with van der Waals surface area (Å²) in [6.07, 6.45) is 4.47. The zero-order valence-corrected chi connectivity index (χ0v) is 19.2. The Kier molecular flexibility index (Phi) is 11.8. The van der Waals surface area contributed by atoms with E-state index in [4.69, 9.17) is 0 Å². The summed E-state index contributed by atoms with van der Waals surface area (Å²) in [5, 5.41) is 6.85. The van der Waals surface area contributed by atoms with E-state index in [-0.39, 0.29) is 28.7 Å². The molecule has 0 bridgehead atoms. The van der Waals surface area contributed by atoms with Crippen LogP contribution >= 0.6 is 15.9 Å². The quantitative estimate of drug-likeness (QED) is 0.390. The lowest BCUT2D eigenvalue weighted by molar-refractivity contribution is -0.122. The van der Waals surface area contributed by atoms with Gasteiger partial charge in [-0.05, 0) is 55.7 Å². The van der Waals surface area contributed by atoms with Gasteiger partial charge in [0.1, 0.15) is 12.2 Å². The number of alkyl halides is 2. The van der Waals surface area contributed by atoms with Crippen LogP contribution in [0, 0.1) is 6.92 Å². The molecule has 0 radical (unpaired) electrons. The highest BCUT2D eigenvalue weighted by Crippen LogP contribution is 2.28. The van der Waals surface area contributed by atoms with Gasteiger partial charge >= 0.3 is 0 Å². The number of hydrogen-bond donors (Lipinski definition) is 1. The number of nitrogens with one attached hydrogen (secondary N) is 1. The van der Waals surface area contributed by atoms with Crippen molar-refractivity contribution in [1.29, 1.82) is 0 Å². The van der Waals surface area contributed by atoms with Crippen molar-refractivity contribution in [2.75, 3.05) is 19.6 Å². The maximum absolute atomic E-state index is 13.0. The fourth-order valence-corrected chi connectivity index (χ4v) is 3.65. The molecule has 28 heavy (non-hydrogen) atoms. The van der Waals surface area contributed by atoms with Gasteiger partial charge in [0.25, 0.3) is 6.43 Å². The van der Waals surface area contributed by atoms with Gasteiger partial charge < -0.3 is 10.2 Å². The number of rotatable bonds is 14. The zero-order valence-electron chi connectivity index (χ0n) is 17.6. The van der Waals surface area contributed by atoms with Gasteiger partial charge in [-0.15, -0.1) is 0 Å². The number of nitrogens with zero attached hydrogens (tertiary/aromatic N) is 3. The number of aromatic nitrogens is 2. The summed E-state index contributed by atoms with van der Waals surface area (Å²) in [7, 11) is 0. The first-order valence-electron chi connectivity index (χ1n) is 10.3. The van der Waals surface area contributed by atoms with Crippen molar-refractivity contribution in [3.8, 4) is 0 Å². The van der Waals surface area contributed by atoms with Crippen LogP contribution in [0.5, 0.6) is 0 Å². The summed E-state index contributed by atoms with van der Waals surface area (Å²) in [6.45, 7) is 10.9. The molecule has 0 aliphatic carbocycles. The molecule has 0 saturated heterocycles. The molecule has 1 amide bonds. The van der Waals surface area contributed by atoms with Gasteiger partial charge in [0.15, 0.2) is 0 Å². The lowest BCUT2D eigenvalue weighted by Gasteiger charge is -2.26. The molecule has 1 heterocycles. The molecular formula is C20H35BrF2N4O. The van der Waals surface area contributed by atoms with E-state index >= 15 is 0 Å². The van der Waals surface area contributed by atoms with E-state index in [1.165, 1.54) is 43.2 Å². The number of carbonyl (C=O) groups is 1. The van der Waals surface area contributed by atoms with Crippen molar-refractivity contribution in [2.45, 2.75) is 85.2 Å². The summed E-state index contributed by atoms with van der Waals surface area (Å²) >= 11 is 3.13. The molecule has 1 rings (SSSR count). The molecule has 0 saturated carbocycles. The average molecular weight is 465 g/mol. The summed E-state index contributed by atoms with van der Waals surface area (Å²) < 4.78 is 27.5. The van der Waals surface area contributed by atoms with E-state index in [0.29, 0.717) is 5.69 Å². The standard InChI is InChI=1S/C20H35BrF2N4O/c1-5-7-9-11-26(12-10-8-6-2)13-15(3)24-17(28)14-27-16(4)18(21)19(25-27)20(22)23/h15,20H,5-14H2,1-4H3,(H,24,28). The molecule has 5 nitrogen and oxygen atoms in total. The van der Waals surface area contributed by atoms with Gasteiger partial charge in [-0.3, -0.25) is 9.48 Å². The molecule has 162 valence electrons. The number of amides is 1. The molecule has 1 aromatic heterocycles. The predicted octanol–water partition coefficient (Wildman–Crippen LogP) is 5.08. The minimum atomic E-state index is -2.67. The second-order valence-corrected chi connectivity index (χ2v) is 8.22. The smallest absolute Gasteiger partial charge is 0.283 e. The van der Waals surface area contributed by atoms with Crippen LogP contribution in [-0.4, -0.2) is 46.3 Å². The highest BCUT2D eigenvalue weighted by atomic mass is 79.9. The second-order valence-electron chi connectivity index (χ2n) is 7.43. The average Bonchev–Trinajstić information content (AvgIpc) is 2.90. The number of halogens is 3. The monoisotopic (exact) mass is 464 g/mol. The van der Waals surface area contributed by atoms with E-state index in [1.807, 2.05) is 6.92 Å². The van der Waals surface area contributed by atoms with Crippen LogP contribution in [0.1, 0.15) is 77.1 Å². The number of unbranched alkanes of at least 4 members (excludes halogenated alkanes) is 4. The van der Waals surface area contributed by atoms with Gasteiger partial charge in [-0.1, -0.05) is 39.5 Å². The molecule has 0 fully saturated rings. The Morgan fingerprint density at radius 2 is 1.75 bits per heavy atom. The van der Waals surface area contributed by atoms with E-state index in [0.717, 1.165) is 19.6 Å². The summed E-state index contributed by atoms with van der Waals surface area (Å²) in [5.74, 6) is -0.214. The summed E-state index contributed by atoms with van der Waals surface area (Å²) in [5.41, 5.74) is 0.204. The Labute approximate surface area is 176 Å². The molecule has 0 aromatic carbocycles. The van der Waals surface area contributed by atoms with E-state index in [1.54, 1.807) is 6.92 Å². The fourth-order valence-electron chi connectivity index (χ4n) is 3.20. The van der Waals surface area contributed by atoms with Crippen molar-refractivity contribution >= 4 is 21.8 Å². The third-order valence-electron chi connectivity index (χ3n) is 4.75. The normalized spacial score (nSPS) is 12.8. The maximum atomic E-state index is 13.0. The van der Waals surface area contributed by atoms with E-state index in [9.17, 15) is 13.6 Å². The zero-order chi connectivity index (χ0) is 21.1. The van der Waals surface area contributed by atoms with Crippen LogP contribution in [-0.2, 0) is 11.3 Å². The van der Waals surface area contributed by atoms with Crippen LogP contribution < -0.4 is 5.32 Å². The van der Waals surface area contributed by atoms with Crippen LogP contribution in [0.15, 0.2) is 4.47 Å². The molecule has 1 N–H and O–H groups in total. The maximum Gasteiger partial charge on any atom is 0.283 e. The fraction of sp³-hybridized carbons (Fsp3) is 0.800. The molecule has 1 atom stereocenters. The summed E-state index contributed by atoms with van der Waals surface area (Å²) in [4.78, 5) is 14.8. The van der Waals surface area contributed by atoms with Crippen molar-refractivity contribution in [3.05, 3.63) is 15.9 Å². The molecule has 1 unspecified atom stereocenters. The third-order valence-corrected chi connectivity index (χ3v) is 5.73. The van der Waals surface area contributed by atoms with Gasteiger partial charge in [-0.2, -0.15) is 5.10 Å². The Morgan fingerprint density at radius 3 is 2.21 bits per heavy atom. The van der Waals surface area contributed by atoms with Gasteiger partial charge in [0.05, 0.1) is 10.2 Å². The van der Waals surface area contributed by atoms with Crippen molar-refractivity contribution in [1.82, 2.24) is 20.0 Å². The van der Waals surface area contributed by atoms with Crippen molar-refractivity contribution in [2.24, 2.45) is 0 Å². The lowest BCUT2D eigenvalue weighted by Crippen LogP contribution is -2.43. The molecule has 0 aliphatic rings. The second kappa shape index (κ2) is 13.2. The highest BCUT2D eigenvalue weighted by Gasteiger charge is 2.21. The van der Waals surface area contributed by atoms with E-state index < -0.39 is 6.43 Å². The molecular weight excluding hydrogens is 430 g/mol. The van der Waals surface area contributed by atoms with Crippen LogP contribution in [0.2, 0.25) is 0 Å². The Morgan fingerprint density at radius 1 is 1.18 bits per heavy atom. The Hall–Kier alpha value is -1.02. The van der Waals surface area contributed by atoms with Crippen molar-refractivity contribution in [3.63, 3.8) is 0 Å². The SMILES string of the molecule is CCCCCN(CCCCC)CC(C)NC(=O)Cn1nc(C(F)F)c(Br)c1C. The largest absolute Gasteiger partial charge is 0.351 e. The first kappa shape index (κ1) is 25.0. The van der Waals surface area contributed by atoms with Crippen molar-refractivity contribution < 1.29 is 13.6 Å². The Bertz CT molecular complexity index is 585. The Balaban J connectivity index is 2.57. The number of hydrogen-bond acceptors (Lipinski definition) is 3. The van der Waals surface area contributed by atoms with E-state index in [2.05, 4.69) is 45.1 Å². The lowest BCUT2D eigenvalue weighted by atomic mass is 10.2. The third kappa shape index (κ3) is 8.55. The predicted molar refractivity (Wildman–Crippen MR) is 113 cm³/mol. The summed E-state index contributed by atoms with van der Waals surface area (Å²) in [6, 6.07) is -0.00960. The van der Waals surface area contributed by atoms with Crippen LogP contribution in [0.25, 0.3) is 0 Å². The van der Waals surface area contributed by atoms with Gasteiger partial charge in [0, 0.05) is 12.6 Å². The number of carbonyl (C=O) groups excluding carboxylic acids is 1. The first-order chi connectivity index (χ1) is 13.3. The van der Waals surface area contributed by atoms with Gasteiger partial charge in [0.2, 0.25) is 5.91 Å². The topological polar surface area (TPSA) is 50.2 Å². The molecule has 0 aliphatic heterocycles. The molecule has 0 spiro atoms. The molecule has 1 aromatic rings. The van der Waals surface area contributed by atoms with Gasteiger partial charge in [-0.25, -0.2) is 8.78 Å². The van der Waals surface area contributed by atoms with Crippen LogP contribution in [0.3, 0.4) is 0 Å². The first-order valence-corrected chi connectivity index (χ1v) is 11.1. The van der Waals surface area contributed by atoms with Crippen LogP contribution in [0.4, 0.5) is 8.78 Å². The minimum absolute atomic E-state index is 0.00960. The highest BCUT2D eigenvalue weighted by molar-refractivity contribution is 9.10.